The maximum Gasteiger partial charge on any atom is 0.0170 e. The molecule has 0 saturated heterocycles. The quantitative estimate of drug-likeness (QED) is 0.454. The highest BCUT2D eigenvalue weighted by Crippen LogP contribution is 2.10. The van der Waals surface area contributed by atoms with Gasteiger partial charge in [-0.1, -0.05) is 24.3 Å². The lowest BCUT2D eigenvalue weighted by atomic mass is 10.2. The molecule has 52 valence electrons. The minimum atomic E-state index is 1.13. The van der Waals surface area contributed by atoms with E-state index in [2.05, 4.69) is 5.73 Å². The van der Waals surface area contributed by atoms with Crippen LogP contribution >= 0.6 is 0 Å². The second-order valence-electron chi connectivity index (χ2n) is 2.47. The summed E-state index contributed by atoms with van der Waals surface area (Å²) in [5.41, 5.74) is 5.53. The van der Waals surface area contributed by atoms with Crippen molar-refractivity contribution in [3.63, 3.8) is 0 Å². The summed E-state index contributed by atoms with van der Waals surface area (Å²) in [6, 6.07) is 0. The van der Waals surface area contributed by atoms with E-state index in [9.17, 15) is 0 Å². The fourth-order valence-corrected chi connectivity index (χ4v) is 1.08. The molecular weight excluding hydrogens is 132 g/mol. The van der Waals surface area contributed by atoms with Crippen LogP contribution in [0.1, 0.15) is 0 Å². The van der Waals surface area contributed by atoms with Crippen molar-refractivity contribution >= 4 is 0 Å². The lowest BCUT2D eigenvalue weighted by molar-refractivity contribution is 1.72. The third kappa shape index (κ3) is 1.31. The highest BCUT2D eigenvalue weighted by atomic mass is 14.0. The van der Waals surface area contributed by atoms with Gasteiger partial charge in [0.1, 0.15) is 0 Å². The first-order valence-corrected chi connectivity index (χ1v) is 3.65. The molecule has 0 unspecified atom stereocenters. The Labute approximate surface area is 66.2 Å². The summed E-state index contributed by atoms with van der Waals surface area (Å²) in [6.07, 6.45) is 16.3. The average molecular weight is 140 g/mol. The highest BCUT2D eigenvalue weighted by molar-refractivity contribution is 5.46. The van der Waals surface area contributed by atoms with Gasteiger partial charge in [-0.2, -0.15) is 0 Å². The Hall–Kier alpha value is -1.52. The molecular formula is C11H8. The molecule has 0 atom stereocenters. The van der Waals surface area contributed by atoms with E-state index in [1.165, 1.54) is 0 Å². The van der Waals surface area contributed by atoms with E-state index in [-0.39, 0.29) is 0 Å². The molecule has 0 nitrogen and oxygen atoms in total. The molecule has 0 saturated carbocycles. The maximum atomic E-state index is 3.26. The van der Waals surface area contributed by atoms with Crippen molar-refractivity contribution in [1.82, 2.24) is 0 Å². The number of allylic oxidation sites excluding steroid dienone is 9. The Morgan fingerprint density at radius 3 is 1.36 bits per heavy atom. The third-order valence-corrected chi connectivity index (χ3v) is 1.61. The Kier molecular flexibility index (Phi) is 1.47. The molecule has 0 spiro atoms. The van der Waals surface area contributed by atoms with Gasteiger partial charge in [-0.05, 0) is 24.3 Å². The smallest absolute Gasteiger partial charge is 0.0170 e. The summed E-state index contributed by atoms with van der Waals surface area (Å²) in [5, 5.41) is 0. The number of rotatable bonds is 0. The first-order valence-electron chi connectivity index (χ1n) is 3.65. The van der Waals surface area contributed by atoms with Gasteiger partial charge in [0, 0.05) is 11.1 Å². The second-order valence-corrected chi connectivity index (χ2v) is 2.47. The van der Waals surface area contributed by atoms with Crippen LogP contribution < -0.4 is 0 Å². The van der Waals surface area contributed by atoms with E-state index in [4.69, 9.17) is 0 Å². The average Bonchev–Trinajstić information content (AvgIpc) is 2.36. The number of hydrogen-bond acceptors (Lipinski definition) is 0. The van der Waals surface area contributed by atoms with Crippen molar-refractivity contribution in [2.45, 2.75) is 0 Å². The van der Waals surface area contributed by atoms with E-state index in [0.29, 0.717) is 0 Å². The molecule has 0 aliphatic heterocycles. The molecule has 0 radical (unpaired) electrons. The normalized spacial score (nSPS) is 18.9. The minimum absolute atomic E-state index is 1.13. The van der Waals surface area contributed by atoms with Crippen LogP contribution in [0, 0.1) is 0 Å². The van der Waals surface area contributed by atoms with Gasteiger partial charge in [0.05, 0.1) is 0 Å². The SMILES string of the molecule is C1=C2C=CC=CC=1C=CC=C2. The summed E-state index contributed by atoms with van der Waals surface area (Å²) < 4.78 is 0. The van der Waals surface area contributed by atoms with Crippen molar-refractivity contribution in [2.75, 3.05) is 0 Å². The molecule has 0 aromatic heterocycles. The Morgan fingerprint density at radius 2 is 1.00 bits per heavy atom. The van der Waals surface area contributed by atoms with Gasteiger partial charge in [-0.15, -0.1) is 5.73 Å². The van der Waals surface area contributed by atoms with Crippen LogP contribution in [0.4, 0.5) is 0 Å². The van der Waals surface area contributed by atoms with Gasteiger partial charge in [0.15, 0.2) is 0 Å². The largest absolute Gasteiger partial charge is 0.105 e. The van der Waals surface area contributed by atoms with E-state index < -0.39 is 0 Å². The molecule has 0 heteroatoms. The zero-order valence-corrected chi connectivity index (χ0v) is 6.12. The van der Waals surface area contributed by atoms with Crippen LogP contribution in [0.15, 0.2) is 65.5 Å². The third-order valence-electron chi connectivity index (χ3n) is 1.61. The lowest BCUT2D eigenvalue weighted by Gasteiger charge is -1.82. The number of hydrogen-bond donors (Lipinski definition) is 0. The lowest BCUT2D eigenvalue weighted by Crippen LogP contribution is -1.64. The van der Waals surface area contributed by atoms with Crippen molar-refractivity contribution in [3.8, 4) is 0 Å². The summed E-state index contributed by atoms with van der Waals surface area (Å²) in [7, 11) is 0. The topological polar surface area (TPSA) is 0 Å². The van der Waals surface area contributed by atoms with Gasteiger partial charge < -0.3 is 0 Å². The monoisotopic (exact) mass is 140 g/mol. The van der Waals surface area contributed by atoms with Gasteiger partial charge in [-0.3, -0.25) is 0 Å². The van der Waals surface area contributed by atoms with Gasteiger partial charge in [-0.25, -0.2) is 0 Å². The molecule has 11 heavy (non-hydrogen) atoms. The van der Waals surface area contributed by atoms with Crippen LogP contribution in [0.2, 0.25) is 0 Å². The van der Waals surface area contributed by atoms with E-state index >= 15 is 0 Å². The predicted molar refractivity (Wildman–Crippen MR) is 47.1 cm³/mol. The van der Waals surface area contributed by atoms with Crippen LogP contribution in [0.3, 0.4) is 0 Å². The molecule has 2 aliphatic carbocycles. The molecule has 2 rings (SSSR count). The predicted octanol–water partition coefficient (Wildman–Crippen LogP) is 2.69. The molecule has 0 N–H and O–H groups in total. The molecule has 0 aromatic carbocycles. The van der Waals surface area contributed by atoms with Gasteiger partial charge in [0.25, 0.3) is 0 Å². The Bertz CT molecular complexity index is 280. The van der Waals surface area contributed by atoms with Crippen LogP contribution in [0.5, 0.6) is 0 Å². The van der Waals surface area contributed by atoms with Gasteiger partial charge >= 0.3 is 0 Å². The summed E-state index contributed by atoms with van der Waals surface area (Å²) in [6.45, 7) is 0. The first-order chi connectivity index (χ1) is 5.45. The summed E-state index contributed by atoms with van der Waals surface area (Å²) in [5.74, 6) is 0. The molecule has 0 heterocycles. The highest BCUT2D eigenvalue weighted by Gasteiger charge is 1.91. The summed E-state index contributed by atoms with van der Waals surface area (Å²) >= 11 is 0. The maximum absolute atomic E-state index is 3.26. The van der Waals surface area contributed by atoms with Gasteiger partial charge in [0.2, 0.25) is 0 Å². The Morgan fingerprint density at radius 1 is 0.636 bits per heavy atom. The van der Waals surface area contributed by atoms with Crippen LogP contribution in [-0.2, 0) is 0 Å². The molecule has 0 amide bonds. The fourth-order valence-electron chi connectivity index (χ4n) is 1.08. The summed E-state index contributed by atoms with van der Waals surface area (Å²) in [4.78, 5) is 0. The zero-order chi connectivity index (χ0) is 7.52. The van der Waals surface area contributed by atoms with Crippen LogP contribution in [0.25, 0.3) is 0 Å². The zero-order valence-electron chi connectivity index (χ0n) is 6.12. The Balaban J connectivity index is 2.58. The molecule has 0 fully saturated rings. The fraction of sp³-hybridized carbons (Fsp3) is 0. The second kappa shape index (κ2) is 2.61. The molecule has 2 bridgehead atoms. The van der Waals surface area contributed by atoms with E-state index in [1.807, 2.05) is 48.6 Å². The van der Waals surface area contributed by atoms with Crippen molar-refractivity contribution < 1.29 is 0 Å². The van der Waals surface area contributed by atoms with Crippen molar-refractivity contribution in [2.24, 2.45) is 0 Å². The van der Waals surface area contributed by atoms with Crippen molar-refractivity contribution in [1.29, 1.82) is 0 Å². The standard InChI is InChI=1S/C11H8/c1-2-6-11-8-4-3-7-10(5-1)9-11/h1-8H. The van der Waals surface area contributed by atoms with Crippen LogP contribution in [-0.4, -0.2) is 0 Å². The molecule has 0 aromatic rings. The minimum Gasteiger partial charge on any atom is -0.105 e. The van der Waals surface area contributed by atoms with E-state index in [0.717, 1.165) is 11.1 Å². The van der Waals surface area contributed by atoms with E-state index in [1.54, 1.807) is 0 Å². The van der Waals surface area contributed by atoms with Crippen molar-refractivity contribution in [3.05, 3.63) is 65.5 Å². The molecule has 2 aliphatic rings. The first kappa shape index (κ1) is 6.21.